The van der Waals surface area contributed by atoms with Gasteiger partial charge in [-0.3, -0.25) is 86.7 Å². The van der Waals surface area contributed by atoms with Crippen LogP contribution in [0, 0.1) is 5.92 Å². The lowest BCUT2D eigenvalue weighted by Gasteiger charge is -2.28. The number of ether oxygens (including phenoxy) is 2. The number of carbonyl (C=O) groups is 16. The maximum absolute atomic E-state index is 14.3. The Hall–Kier alpha value is -11.9. The highest BCUT2D eigenvalue weighted by molar-refractivity contribution is 8.76. The molecule has 0 radical (unpaired) electrons. The zero-order valence-corrected chi connectivity index (χ0v) is 79.0. The van der Waals surface area contributed by atoms with Gasteiger partial charge in [0.15, 0.2) is 11.2 Å². The van der Waals surface area contributed by atoms with E-state index in [4.69, 9.17) is 24.5 Å². The summed E-state index contributed by atoms with van der Waals surface area (Å²) in [6, 6.07) is 7.14. The predicted octanol–water partition coefficient (Wildman–Crippen LogP) is -1.23. The maximum atomic E-state index is 14.3. The molecule has 748 valence electrons. The number of aliphatic hydroxyl groups excluding tert-OH is 3. The molecule has 1 saturated heterocycles. The topological polar surface area (TPSA) is 711 Å². The molecule has 0 spiro atoms. The predicted molar refractivity (Wildman–Crippen MR) is 502 cm³/mol. The number of amides is 12. The standard InChI is InChI=1S/C85H119BN20O27S4/c1-4-13-64(108)93-41-61(107)74(119)75(120)62-45-132-86(133-62)63(34-48(2)3)104-80(124)57(35-49-14-7-5-8-15-49)102-81(125)58-39-90-53(38-91-58)46-136-137-47-60(84(128)129)103-82(126)59(40-92-66(110)28-32-134-135-33-31-131-72(118)19-12-30-130-54-16-9-6-10-17-54)101-69(113)44-97-79(123)56(25-27-71(116)117)100-68(112)43-96-78(122)55(24-26-70(114)115)99-67(111)42-94-65(109)18-11-29-88-77(121)50-20-22-51(23-21-50)89-36-52-37-95-76-73(98-52)83(127)106-85(87)105-76/h5,7-8,14-15,20-23,37-39,48,54-57,59-63,74-75,89,107,119-120H,4,6,9-13,16-19,24-36,40-47H2,1-3H3,(H,88,121)(H,92,110)(H,93,108)(H,94,109)(H,96,122)(H,97,123)(H,99,111)(H,100,112)(H,101,113)(H,102,125)(H,103,126)(H,104,124)(H,114,115)(H,116,117)(H,128,129)(H3,87,95,105,106,127)/t55-,56-,57-,59-,60-,61-,62+,63-,74+,75+/m0/s1. The number of nitrogen functional groups attached to an aromatic ring is 1. The number of nitrogens with one attached hydrogen (secondary N) is 14. The number of aliphatic hydroxyl groups is 3. The zero-order chi connectivity index (χ0) is 99.7. The van der Waals surface area contributed by atoms with Crippen LogP contribution in [0.3, 0.4) is 0 Å². The summed E-state index contributed by atoms with van der Waals surface area (Å²) < 4.78 is 23.1. The molecule has 1 saturated carbocycles. The van der Waals surface area contributed by atoms with Crippen LogP contribution in [0.1, 0.15) is 168 Å². The van der Waals surface area contributed by atoms with Gasteiger partial charge in [-0.25, -0.2) is 19.7 Å². The molecule has 5 aromatic rings. The summed E-state index contributed by atoms with van der Waals surface area (Å²) in [5, 5.41) is 94.1. The van der Waals surface area contributed by atoms with E-state index in [1.165, 1.54) is 40.4 Å². The number of anilines is 2. The van der Waals surface area contributed by atoms with Gasteiger partial charge in [0, 0.05) is 105 Å². The fourth-order valence-electron chi connectivity index (χ4n) is 13.4. The molecule has 4 heterocycles. The van der Waals surface area contributed by atoms with Gasteiger partial charge in [0.05, 0.1) is 87.0 Å². The van der Waals surface area contributed by atoms with Crippen molar-refractivity contribution in [3.8, 4) is 0 Å². The number of hydrogen-bond donors (Lipinski definition) is 21. The number of carbonyl (C=O) groups excluding carboxylic acids is 13. The van der Waals surface area contributed by atoms with Crippen LogP contribution >= 0.6 is 43.2 Å². The van der Waals surface area contributed by atoms with Gasteiger partial charge in [-0.05, 0) is 87.1 Å². The second kappa shape index (κ2) is 60.6. The minimum Gasteiger partial charge on any atom is -0.481 e. The number of carboxylic acids is 3. The van der Waals surface area contributed by atoms with E-state index in [0.29, 0.717) is 54.3 Å². The van der Waals surface area contributed by atoms with E-state index in [0.717, 1.165) is 53.5 Å². The molecule has 10 atom stereocenters. The summed E-state index contributed by atoms with van der Waals surface area (Å²) in [4.78, 5) is 244. The molecular weight excluding hydrogens is 1870 g/mol. The van der Waals surface area contributed by atoms with Gasteiger partial charge in [-0.2, -0.15) is 4.98 Å². The first kappa shape index (κ1) is 112. The zero-order valence-electron chi connectivity index (χ0n) is 75.8. The van der Waals surface area contributed by atoms with Gasteiger partial charge in [-0.1, -0.05) is 114 Å². The first-order valence-corrected chi connectivity index (χ1v) is 49.4. The number of nitrogens with two attached hydrogens (primary N) is 1. The van der Waals surface area contributed by atoms with Crippen molar-refractivity contribution in [2.24, 2.45) is 5.92 Å². The van der Waals surface area contributed by atoms with E-state index < -0.39 is 208 Å². The SMILES string of the molecule is CCCC(=O)NC[C@H](O)[C@@H](O)[C@H](O)[C@H]1COB([C@H](CC(C)C)NC(=O)[C@H](Cc2ccccc2)NC(=O)c2cnc(CSSC[C@H](NC(=O)[C@H](CNC(=O)CCSSCCOC(=O)CCCOC3CCCCC3)NC(=O)CNC(=O)[C@H](CCC(=O)O)NC(=O)CNC(=O)[C@H](CCC(=O)O)NC(=O)CNC(=O)CCCNC(=O)c3ccc(NCc4cnc5nc(N)[nH]c(=O)c5n4)cc3)C(=O)O)cn2)O1. The van der Waals surface area contributed by atoms with Gasteiger partial charge in [0.1, 0.15) is 54.7 Å². The molecule has 1 aliphatic heterocycles. The third kappa shape index (κ3) is 42.7. The summed E-state index contributed by atoms with van der Waals surface area (Å²) in [6.07, 6.45) is 2.46. The fraction of sp³-hybridized carbons (Fsp3) is 0.553. The molecule has 2 aromatic carbocycles. The third-order valence-electron chi connectivity index (χ3n) is 20.6. The summed E-state index contributed by atoms with van der Waals surface area (Å²) in [5.41, 5.74) is 7.20. The molecule has 12 amide bonds. The molecule has 22 N–H and O–H groups in total. The highest BCUT2D eigenvalue weighted by Crippen LogP contribution is 2.28. The monoisotopic (exact) mass is 1990 g/mol. The highest BCUT2D eigenvalue weighted by Gasteiger charge is 2.46. The largest absolute Gasteiger partial charge is 0.481 e. The second-order valence-corrected chi connectivity index (χ2v) is 37.4. The number of aliphatic carboxylic acids is 3. The number of aromatic amines is 1. The van der Waals surface area contributed by atoms with Crippen molar-refractivity contribution in [3.63, 3.8) is 0 Å². The van der Waals surface area contributed by atoms with Crippen molar-refractivity contribution < 1.29 is 126 Å². The van der Waals surface area contributed by atoms with Crippen LogP contribution in [0.5, 0.6) is 0 Å². The third-order valence-corrected chi connectivity index (χ3v) is 25.3. The quantitative estimate of drug-likeness (QED) is 0.00937. The average molecular weight is 1990 g/mol. The first-order chi connectivity index (χ1) is 65.6. The number of esters is 1. The number of benzene rings is 2. The molecular formula is C85H119BN20O27S4. The molecule has 47 nitrogen and oxygen atoms in total. The Morgan fingerprint density at radius 3 is 1.85 bits per heavy atom. The van der Waals surface area contributed by atoms with E-state index in [-0.39, 0.29) is 141 Å². The summed E-state index contributed by atoms with van der Waals surface area (Å²) >= 11 is 0. The van der Waals surface area contributed by atoms with E-state index in [1.54, 1.807) is 61.5 Å². The highest BCUT2D eigenvalue weighted by atomic mass is 33.1. The summed E-state index contributed by atoms with van der Waals surface area (Å²) in [6.45, 7) is 2.50. The van der Waals surface area contributed by atoms with Crippen molar-refractivity contribution in [3.05, 3.63) is 112 Å². The van der Waals surface area contributed by atoms with Crippen LogP contribution in [-0.2, 0) is 105 Å². The fourth-order valence-corrected chi connectivity index (χ4v) is 17.3. The van der Waals surface area contributed by atoms with Crippen LogP contribution in [-0.4, -0.2) is 305 Å². The van der Waals surface area contributed by atoms with Gasteiger partial charge < -0.3 is 124 Å². The maximum Gasteiger partial charge on any atom is 0.481 e. The van der Waals surface area contributed by atoms with Crippen LogP contribution in [0.15, 0.2) is 78.0 Å². The number of carboxylic acid groups (broad SMARTS) is 3. The lowest BCUT2D eigenvalue weighted by atomic mass is 9.74. The van der Waals surface area contributed by atoms with Gasteiger partial charge in [0.25, 0.3) is 17.4 Å². The van der Waals surface area contributed by atoms with Crippen molar-refractivity contribution >= 4 is 168 Å². The summed E-state index contributed by atoms with van der Waals surface area (Å²) in [7, 11) is 3.49. The molecule has 0 unspecified atom stereocenters. The molecule has 3 aromatic heterocycles. The minimum absolute atomic E-state index is 0.00211. The number of rotatable bonds is 63. The molecule has 137 heavy (non-hydrogen) atoms. The minimum atomic E-state index is -1.74. The smallest absolute Gasteiger partial charge is 0.481 e. The first-order valence-electron chi connectivity index (χ1n) is 44.5. The van der Waals surface area contributed by atoms with Crippen molar-refractivity contribution in [1.82, 2.24) is 93.7 Å². The van der Waals surface area contributed by atoms with Crippen molar-refractivity contribution in [1.29, 1.82) is 0 Å². The lowest BCUT2D eigenvalue weighted by Crippen LogP contribution is -2.58. The van der Waals surface area contributed by atoms with Crippen molar-refractivity contribution in [2.75, 3.05) is 87.4 Å². The Morgan fingerprint density at radius 2 is 1.21 bits per heavy atom. The molecule has 7 rings (SSSR count). The second-order valence-electron chi connectivity index (χ2n) is 32.1. The number of hydrogen-bond acceptors (Lipinski definition) is 35. The molecule has 0 bridgehead atoms. The molecule has 2 fully saturated rings. The van der Waals surface area contributed by atoms with Crippen LogP contribution in [0.2, 0.25) is 0 Å². The number of fused-ring (bicyclic) bond motifs is 1. The number of nitrogens with zero attached hydrogens (tertiary/aromatic N) is 5. The van der Waals surface area contributed by atoms with Gasteiger partial charge >= 0.3 is 31.0 Å². The Kier molecular flexibility index (Phi) is 49.6. The van der Waals surface area contributed by atoms with E-state index in [1.807, 2.05) is 13.8 Å². The Morgan fingerprint density at radius 1 is 0.584 bits per heavy atom. The van der Waals surface area contributed by atoms with Crippen LogP contribution in [0.4, 0.5) is 11.6 Å². The number of aromatic nitrogens is 6. The number of H-pyrrole nitrogens is 1. The van der Waals surface area contributed by atoms with Crippen LogP contribution < -0.4 is 80.4 Å². The lowest BCUT2D eigenvalue weighted by molar-refractivity contribution is -0.143. The normalized spacial score (nSPS) is 15.0. The van der Waals surface area contributed by atoms with Crippen LogP contribution in [0.25, 0.3) is 11.2 Å². The van der Waals surface area contributed by atoms with E-state index in [2.05, 4.69) is 99.0 Å². The Bertz CT molecular complexity index is 4910. The molecule has 2 aliphatic rings. The molecule has 1 aliphatic carbocycles. The average Bonchev–Trinajstić information content (AvgIpc) is 1.56. The van der Waals surface area contributed by atoms with E-state index in [9.17, 15) is 112 Å². The molecule has 52 heteroatoms. The van der Waals surface area contributed by atoms with E-state index >= 15 is 0 Å². The van der Waals surface area contributed by atoms with Gasteiger partial charge in [-0.15, -0.1) is 0 Å². The Balaban J connectivity index is 0.889. The van der Waals surface area contributed by atoms with Gasteiger partial charge in [0.2, 0.25) is 65.0 Å². The Labute approximate surface area is 803 Å². The van der Waals surface area contributed by atoms with Crippen molar-refractivity contribution in [2.45, 2.75) is 215 Å². The summed E-state index contributed by atoms with van der Waals surface area (Å²) in [5.74, 6) is -15.5.